The molecular formula is C34H50N4O2. The van der Waals surface area contributed by atoms with Gasteiger partial charge in [0.1, 0.15) is 0 Å². The van der Waals surface area contributed by atoms with Crippen LogP contribution < -0.4 is 0 Å². The molecule has 2 aromatic rings. The smallest absolute Gasteiger partial charge is 0.236 e. The first kappa shape index (κ1) is 31.7. The van der Waals surface area contributed by atoms with E-state index in [4.69, 9.17) is 5.11 Å². The van der Waals surface area contributed by atoms with Crippen molar-refractivity contribution in [1.82, 2.24) is 19.7 Å². The van der Waals surface area contributed by atoms with E-state index < -0.39 is 0 Å². The van der Waals surface area contributed by atoms with Gasteiger partial charge in [-0.1, -0.05) is 44.6 Å². The maximum atomic E-state index is 13.0. The van der Waals surface area contributed by atoms with Crippen LogP contribution in [0, 0.1) is 12.8 Å². The number of aromatic amines is 1. The van der Waals surface area contributed by atoms with Gasteiger partial charge in [-0.3, -0.25) is 14.6 Å². The highest BCUT2D eigenvalue weighted by atomic mass is 16.3. The number of aromatic nitrogens is 1. The number of β-amino-alcohol motifs (C(OH)–C–C–N with tert-alkyl or cyclic N) is 1. The highest BCUT2D eigenvalue weighted by Crippen LogP contribution is 2.37. The Morgan fingerprint density at radius 3 is 2.30 bits per heavy atom. The molecule has 6 nitrogen and oxygen atoms in total. The third-order valence-corrected chi connectivity index (χ3v) is 8.16. The van der Waals surface area contributed by atoms with Gasteiger partial charge >= 0.3 is 0 Å². The minimum atomic E-state index is 0.206. The number of hydrogen-bond acceptors (Lipinski definition) is 4. The Kier molecular flexibility index (Phi) is 12.1. The van der Waals surface area contributed by atoms with E-state index in [0.717, 1.165) is 65.1 Å². The number of allylic oxidation sites excluding steroid dienone is 4. The number of fused-ring (bicyclic) bond motifs is 1. The number of H-pyrrole nitrogens is 1. The van der Waals surface area contributed by atoms with Gasteiger partial charge < -0.3 is 15.0 Å². The van der Waals surface area contributed by atoms with Crippen LogP contribution in [0.2, 0.25) is 0 Å². The van der Waals surface area contributed by atoms with E-state index in [2.05, 4.69) is 97.5 Å². The average molecular weight is 547 g/mol. The van der Waals surface area contributed by atoms with Gasteiger partial charge in [0.05, 0.1) is 13.2 Å². The molecule has 0 atom stereocenters. The lowest BCUT2D eigenvalue weighted by Crippen LogP contribution is -2.51. The third kappa shape index (κ3) is 7.87. The fourth-order valence-corrected chi connectivity index (χ4v) is 6.14. The lowest BCUT2D eigenvalue weighted by Gasteiger charge is -2.37. The average Bonchev–Trinajstić information content (AvgIpc) is 3.34. The van der Waals surface area contributed by atoms with Crippen LogP contribution >= 0.6 is 0 Å². The normalized spacial score (nSPS) is 17.6. The van der Waals surface area contributed by atoms with Crippen LogP contribution in [0.4, 0.5) is 0 Å². The summed E-state index contributed by atoms with van der Waals surface area (Å²) < 4.78 is 0. The van der Waals surface area contributed by atoms with Gasteiger partial charge in [-0.15, -0.1) is 12.8 Å². The molecule has 1 aromatic carbocycles. The van der Waals surface area contributed by atoms with Crippen LogP contribution in [-0.4, -0.2) is 89.7 Å². The molecule has 3 heterocycles. The molecule has 0 unspecified atom stereocenters. The Labute approximate surface area is 242 Å². The van der Waals surface area contributed by atoms with E-state index >= 15 is 0 Å². The summed E-state index contributed by atoms with van der Waals surface area (Å²) in [4.78, 5) is 23.4. The fraction of sp³-hybridized carbons (Fsp3) is 0.559. The number of nitrogens with one attached hydrogen (secondary N) is 1. The summed E-state index contributed by atoms with van der Waals surface area (Å²) in [5.74, 6) is 1.18. The van der Waals surface area contributed by atoms with Gasteiger partial charge in [0.2, 0.25) is 5.91 Å². The highest BCUT2D eigenvalue weighted by Gasteiger charge is 2.27. The predicted octanol–water partition coefficient (Wildman–Crippen LogP) is 5.62. The predicted molar refractivity (Wildman–Crippen MR) is 168 cm³/mol. The van der Waals surface area contributed by atoms with Crippen LogP contribution in [0.15, 0.2) is 35.9 Å². The first-order valence-corrected chi connectivity index (χ1v) is 15.0. The summed E-state index contributed by atoms with van der Waals surface area (Å²) >= 11 is 0. The van der Waals surface area contributed by atoms with Crippen LogP contribution in [0.5, 0.6) is 0 Å². The second-order valence-corrected chi connectivity index (χ2v) is 11.7. The molecule has 2 aliphatic heterocycles. The Morgan fingerprint density at radius 1 is 1.07 bits per heavy atom. The number of carbonyl (C=O) groups excluding carboxylic acids is 1. The highest BCUT2D eigenvalue weighted by molar-refractivity contribution is 5.92. The Balaban J connectivity index is 0.00000216. The number of terminal acetylenes is 1. The van der Waals surface area contributed by atoms with Crippen LogP contribution in [-0.2, 0) is 4.79 Å². The lowest BCUT2D eigenvalue weighted by atomic mass is 9.87. The van der Waals surface area contributed by atoms with Gasteiger partial charge in [0.15, 0.2) is 0 Å². The quantitative estimate of drug-likeness (QED) is 0.317. The van der Waals surface area contributed by atoms with Crippen LogP contribution in [0.1, 0.15) is 82.5 Å². The molecule has 0 spiro atoms. The van der Waals surface area contributed by atoms with Crippen molar-refractivity contribution in [3.05, 3.63) is 52.7 Å². The van der Waals surface area contributed by atoms with Gasteiger partial charge in [-0.2, -0.15) is 0 Å². The number of piperidine rings is 1. The molecule has 0 bridgehead atoms. The topological polar surface area (TPSA) is 62.8 Å². The number of benzene rings is 1. The van der Waals surface area contributed by atoms with Crippen molar-refractivity contribution in [2.24, 2.45) is 0 Å². The zero-order chi connectivity index (χ0) is 29.2. The molecule has 218 valence electrons. The number of aliphatic hydroxyl groups excluding tert-OH is 1. The maximum Gasteiger partial charge on any atom is 0.236 e. The number of hydrogen-bond donors (Lipinski definition) is 2. The van der Waals surface area contributed by atoms with Crippen molar-refractivity contribution in [2.45, 2.75) is 65.7 Å². The summed E-state index contributed by atoms with van der Waals surface area (Å²) in [6.07, 6.45) is 15.7. The van der Waals surface area contributed by atoms with E-state index in [9.17, 15) is 4.79 Å². The largest absolute Gasteiger partial charge is 0.395 e. The molecule has 4 rings (SSSR count). The molecule has 2 N–H and O–H groups in total. The number of nitrogens with zero attached hydrogens (tertiary/aromatic N) is 3. The molecule has 0 saturated carbocycles. The van der Waals surface area contributed by atoms with Crippen LogP contribution in [0.25, 0.3) is 16.5 Å². The monoisotopic (exact) mass is 546 g/mol. The summed E-state index contributed by atoms with van der Waals surface area (Å²) in [6.45, 7) is 17.9. The summed E-state index contributed by atoms with van der Waals surface area (Å²) in [7, 11) is 0. The molecule has 1 amide bonds. The van der Waals surface area contributed by atoms with Crippen molar-refractivity contribution >= 4 is 22.4 Å². The summed E-state index contributed by atoms with van der Waals surface area (Å²) in [5, 5.41) is 10.5. The Bertz CT molecular complexity index is 1190. The first-order valence-electron chi connectivity index (χ1n) is 15.0. The second-order valence-electron chi connectivity index (χ2n) is 11.7. The fourth-order valence-electron chi connectivity index (χ4n) is 6.14. The first-order chi connectivity index (χ1) is 19.3. The lowest BCUT2D eigenvalue weighted by molar-refractivity contribution is -0.133. The van der Waals surface area contributed by atoms with E-state index in [1.165, 1.54) is 38.9 Å². The summed E-state index contributed by atoms with van der Waals surface area (Å²) in [5.41, 5.74) is 7.88. The number of likely N-dealkylation sites (tertiary alicyclic amines) is 1. The number of carbonyl (C=O) groups is 1. The Hall–Kier alpha value is -2.85. The van der Waals surface area contributed by atoms with Crippen molar-refractivity contribution < 1.29 is 9.90 Å². The third-order valence-electron chi connectivity index (χ3n) is 8.16. The van der Waals surface area contributed by atoms with Crippen molar-refractivity contribution in [1.29, 1.82) is 0 Å². The minimum Gasteiger partial charge on any atom is -0.395 e. The molecule has 1 aromatic heterocycles. The van der Waals surface area contributed by atoms with E-state index in [1.807, 2.05) is 0 Å². The molecule has 2 saturated heterocycles. The summed E-state index contributed by atoms with van der Waals surface area (Å²) in [6, 6.07) is 6.98. The SMILES string of the molecule is C#C.CC/C=C(\C=C(C)C)c1[nH]c2ccc(C3CCN(C(=O)CN4CCN(CCO)CC4)CC3)cc2c1C(C)C. The Morgan fingerprint density at radius 2 is 1.73 bits per heavy atom. The van der Waals surface area contributed by atoms with Gasteiger partial charge in [0, 0.05) is 62.4 Å². The zero-order valence-electron chi connectivity index (χ0n) is 25.4. The number of rotatable bonds is 9. The molecule has 40 heavy (non-hydrogen) atoms. The number of aliphatic hydroxyl groups is 1. The van der Waals surface area contributed by atoms with E-state index in [-0.39, 0.29) is 12.5 Å². The second kappa shape index (κ2) is 15.2. The van der Waals surface area contributed by atoms with Crippen molar-refractivity contribution in [3.8, 4) is 12.8 Å². The standard InChI is InChI=1S/C32H48N4O2.C2H2/c1-6-7-27(20-23(2)3)32-31(24(4)5)28-21-26(8-9-29(28)33-32)25-10-12-36(13-11-25)30(38)22-35-16-14-34(15-17-35)18-19-37;1-2/h7-9,20-21,24-25,33,37H,6,10-19,22H2,1-5H3;1-2H/b27-7+;. The van der Waals surface area contributed by atoms with E-state index in [1.54, 1.807) is 0 Å². The maximum absolute atomic E-state index is 13.0. The van der Waals surface area contributed by atoms with E-state index in [0.29, 0.717) is 18.4 Å². The van der Waals surface area contributed by atoms with Gasteiger partial charge in [-0.25, -0.2) is 0 Å². The molecule has 0 aliphatic carbocycles. The van der Waals surface area contributed by atoms with Crippen LogP contribution in [0.3, 0.4) is 0 Å². The minimum absolute atomic E-state index is 0.206. The van der Waals surface area contributed by atoms with Crippen molar-refractivity contribution in [2.75, 3.05) is 59.0 Å². The van der Waals surface area contributed by atoms with Gasteiger partial charge in [0.25, 0.3) is 0 Å². The molecular weight excluding hydrogens is 496 g/mol. The molecule has 2 aliphatic rings. The van der Waals surface area contributed by atoms with Gasteiger partial charge in [-0.05, 0) is 73.8 Å². The van der Waals surface area contributed by atoms with Crippen molar-refractivity contribution in [3.63, 3.8) is 0 Å². The zero-order valence-corrected chi connectivity index (χ0v) is 25.4. The molecule has 6 heteroatoms. The number of piperazine rings is 1. The number of amides is 1. The molecule has 0 radical (unpaired) electrons. The molecule has 2 fully saturated rings.